The molecule has 0 spiro atoms. The minimum Gasteiger partial charge on any atom is -0.258 e. The summed E-state index contributed by atoms with van der Waals surface area (Å²) in [5, 5.41) is 24.9. The van der Waals surface area contributed by atoms with Gasteiger partial charge in [-0.3, -0.25) is 10.1 Å². The smallest absolute Gasteiger partial charge is 0.258 e. The largest absolute Gasteiger partial charge is 0.261 e. The van der Waals surface area contributed by atoms with Crippen molar-refractivity contribution < 1.29 is 0 Å². The van der Waals surface area contributed by atoms with Gasteiger partial charge in [0.15, 0.2) is 23.0 Å². The summed E-state index contributed by atoms with van der Waals surface area (Å²) in [5.74, 6) is 1.47. The maximum atomic E-state index is 7.77. The Morgan fingerprint density at radius 2 is 1.81 bits per heavy atom. The number of nitrogens with zero attached hydrogens (tertiary/aromatic N) is 10. The third-order valence-corrected chi connectivity index (χ3v) is 4.63. The predicted octanol–water partition coefficient (Wildman–Crippen LogP) is 4.28. The maximum Gasteiger partial charge on any atom is 0.261 e. The van der Waals surface area contributed by atoms with Crippen LogP contribution in [0.1, 0.15) is 11.5 Å². The summed E-state index contributed by atoms with van der Waals surface area (Å²) < 4.78 is 3.16. The number of hydrogen-bond acceptors (Lipinski definition) is 7. The van der Waals surface area contributed by atoms with Crippen molar-refractivity contribution in [3.8, 4) is 17.2 Å². The highest BCUT2D eigenvalue weighted by Crippen LogP contribution is 2.40. The third-order valence-electron chi connectivity index (χ3n) is 4.63. The molecular formula is C20H15N11. The Balaban J connectivity index is 1.71. The van der Waals surface area contributed by atoms with Gasteiger partial charge in [0, 0.05) is 12.4 Å². The summed E-state index contributed by atoms with van der Waals surface area (Å²) in [6.45, 7) is 11.4. The van der Waals surface area contributed by atoms with Crippen LogP contribution < -0.4 is 0 Å². The fourth-order valence-corrected chi connectivity index (χ4v) is 3.16. The number of rotatable bonds is 4. The molecule has 0 radical (unpaired) electrons. The van der Waals surface area contributed by atoms with E-state index in [1.807, 2.05) is 26.0 Å². The SMILES string of the molecule is [C-]#[N+]c1c(-c2ccccn2)nn(-c2ccccn2)c1/N=N/c1c(C)nn2c(C)n[nH]c12. The Kier molecular flexibility index (Phi) is 4.30. The molecule has 11 nitrogen and oxygen atoms in total. The van der Waals surface area contributed by atoms with Crippen molar-refractivity contribution in [3.05, 3.63) is 71.7 Å². The van der Waals surface area contributed by atoms with Gasteiger partial charge in [-0.15, -0.1) is 10.2 Å². The van der Waals surface area contributed by atoms with Crippen molar-refractivity contribution in [3.63, 3.8) is 0 Å². The van der Waals surface area contributed by atoms with Crippen molar-refractivity contribution in [2.24, 2.45) is 10.2 Å². The highest BCUT2D eigenvalue weighted by molar-refractivity contribution is 5.82. The number of aromatic amines is 1. The van der Waals surface area contributed by atoms with E-state index < -0.39 is 0 Å². The van der Waals surface area contributed by atoms with Gasteiger partial charge >= 0.3 is 0 Å². The zero-order chi connectivity index (χ0) is 21.4. The van der Waals surface area contributed by atoms with Crippen LogP contribution in [0.3, 0.4) is 0 Å². The molecule has 11 heteroatoms. The van der Waals surface area contributed by atoms with Crippen molar-refractivity contribution in [2.75, 3.05) is 0 Å². The van der Waals surface area contributed by atoms with Gasteiger partial charge in [-0.25, -0.2) is 14.5 Å². The van der Waals surface area contributed by atoms with Crippen LogP contribution in [0.2, 0.25) is 0 Å². The van der Waals surface area contributed by atoms with Crippen molar-refractivity contribution in [2.45, 2.75) is 13.8 Å². The summed E-state index contributed by atoms with van der Waals surface area (Å²) >= 11 is 0. The van der Waals surface area contributed by atoms with E-state index in [1.165, 1.54) is 4.68 Å². The zero-order valence-electron chi connectivity index (χ0n) is 16.6. The Morgan fingerprint density at radius 3 is 2.52 bits per heavy atom. The Labute approximate surface area is 175 Å². The van der Waals surface area contributed by atoms with Crippen LogP contribution in [0.25, 0.3) is 27.7 Å². The second-order valence-corrected chi connectivity index (χ2v) is 6.61. The molecule has 5 aromatic rings. The van der Waals surface area contributed by atoms with E-state index >= 15 is 0 Å². The highest BCUT2D eigenvalue weighted by Gasteiger charge is 2.22. The van der Waals surface area contributed by atoms with Crippen molar-refractivity contribution in [1.29, 1.82) is 0 Å². The average molecular weight is 409 g/mol. The second-order valence-electron chi connectivity index (χ2n) is 6.61. The van der Waals surface area contributed by atoms with Crippen LogP contribution in [0.15, 0.2) is 59.0 Å². The molecule has 0 unspecified atom stereocenters. The molecular weight excluding hydrogens is 394 g/mol. The van der Waals surface area contributed by atoms with E-state index in [0.717, 1.165) is 0 Å². The van der Waals surface area contributed by atoms with Crippen molar-refractivity contribution >= 4 is 22.8 Å². The minimum absolute atomic E-state index is 0.231. The number of fused-ring (bicyclic) bond motifs is 1. The van der Waals surface area contributed by atoms with Crippen LogP contribution in [0, 0.1) is 20.4 Å². The molecule has 150 valence electrons. The molecule has 0 bridgehead atoms. The lowest BCUT2D eigenvalue weighted by Gasteiger charge is -2.02. The molecule has 0 atom stereocenters. The molecule has 5 aromatic heterocycles. The monoisotopic (exact) mass is 409 g/mol. The molecule has 5 heterocycles. The fraction of sp³-hybridized carbons (Fsp3) is 0.100. The summed E-state index contributed by atoms with van der Waals surface area (Å²) in [6, 6.07) is 10.9. The molecule has 0 aliphatic carbocycles. The van der Waals surface area contributed by atoms with Gasteiger partial charge in [0.25, 0.3) is 5.69 Å². The second kappa shape index (κ2) is 7.27. The first-order valence-electron chi connectivity index (χ1n) is 9.32. The van der Waals surface area contributed by atoms with Gasteiger partial charge in [-0.05, 0) is 38.1 Å². The van der Waals surface area contributed by atoms with E-state index in [9.17, 15) is 0 Å². The molecule has 31 heavy (non-hydrogen) atoms. The van der Waals surface area contributed by atoms with Gasteiger partial charge in [0.2, 0.25) is 0 Å². The minimum atomic E-state index is 0.231. The first kappa shape index (κ1) is 18.3. The van der Waals surface area contributed by atoms with E-state index in [0.29, 0.717) is 40.1 Å². The van der Waals surface area contributed by atoms with E-state index in [2.05, 4.69) is 45.4 Å². The normalized spacial score (nSPS) is 11.4. The molecule has 1 N–H and O–H groups in total. The highest BCUT2D eigenvalue weighted by atomic mass is 15.4. The van der Waals surface area contributed by atoms with Crippen LogP contribution in [-0.4, -0.2) is 39.6 Å². The number of hydrogen-bond donors (Lipinski definition) is 1. The van der Waals surface area contributed by atoms with Crippen LogP contribution >= 0.6 is 0 Å². The van der Waals surface area contributed by atoms with Crippen LogP contribution in [0.5, 0.6) is 0 Å². The van der Waals surface area contributed by atoms with Crippen LogP contribution in [-0.2, 0) is 0 Å². The van der Waals surface area contributed by atoms with Crippen molar-refractivity contribution in [1.82, 2.24) is 39.6 Å². The summed E-state index contributed by atoms with van der Waals surface area (Å²) in [7, 11) is 0. The first-order valence-corrected chi connectivity index (χ1v) is 9.32. The lowest BCUT2D eigenvalue weighted by Crippen LogP contribution is -1.98. The Hall–Kier alpha value is -4.72. The molecule has 0 aliphatic heterocycles. The molecule has 5 rings (SSSR count). The van der Waals surface area contributed by atoms with Gasteiger partial charge in [0.05, 0.1) is 18.0 Å². The number of H-pyrrole nitrogens is 1. The third kappa shape index (κ3) is 3.03. The lowest BCUT2D eigenvalue weighted by molar-refractivity contribution is 0.841. The quantitative estimate of drug-likeness (QED) is 0.351. The molecule has 0 amide bonds. The van der Waals surface area contributed by atoms with E-state index in [-0.39, 0.29) is 11.5 Å². The number of azo groups is 1. The average Bonchev–Trinajstić information content (AvgIpc) is 3.45. The topological polar surface area (TPSA) is 119 Å². The maximum absolute atomic E-state index is 7.77. The molecule has 0 fully saturated rings. The zero-order valence-corrected chi connectivity index (χ0v) is 16.6. The molecule has 0 aliphatic rings. The van der Waals surface area contributed by atoms with E-state index in [1.54, 1.807) is 41.2 Å². The molecule has 0 saturated heterocycles. The Morgan fingerprint density at radius 1 is 1.00 bits per heavy atom. The number of aryl methyl sites for hydroxylation is 2. The fourth-order valence-electron chi connectivity index (χ4n) is 3.16. The standard InChI is InChI=1S/C20H15N11/c1-12-16(19-26-24-13(2)30(19)28-12)25-27-20-18(21-3)17(14-8-4-6-10-22-14)29-31(20)15-9-5-7-11-23-15/h4-11,26H,1-2H3/b27-25+. The van der Waals surface area contributed by atoms with Gasteiger partial charge in [-0.2, -0.15) is 19.8 Å². The predicted molar refractivity (Wildman–Crippen MR) is 112 cm³/mol. The number of nitrogens with one attached hydrogen (secondary N) is 1. The summed E-state index contributed by atoms with van der Waals surface area (Å²) in [4.78, 5) is 12.4. The summed E-state index contributed by atoms with van der Waals surface area (Å²) in [6.07, 6.45) is 3.30. The lowest BCUT2D eigenvalue weighted by atomic mass is 10.2. The Bertz CT molecular complexity index is 1450. The number of pyridine rings is 2. The van der Waals surface area contributed by atoms with Gasteiger partial charge in [-0.1, -0.05) is 12.1 Å². The summed E-state index contributed by atoms with van der Waals surface area (Å²) in [5.41, 5.74) is 3.03. The van der Waals surface area contributed by atoms with E-state index in [4.69, 9.17) is 6.57 Å². The number of aromatic nitrogens is 8. The first-order chi connectivity index (χ1) is 15.2. The van der Waals surface area contributed by atoms with Crippen LogP contribution in [0.4, 0.5) is 17.2 Å². The molecule has 0 saturated carbocycles. The van der Waals surface area contributed by atoms with Gasteiger partial charge < -0.3 is 0 Å². The van der Waals surface area contributed by atoms with Gasteiger partial charge in [0.1, 0.15) is 11.5 Å². The molecule has 0 aromatic carbocycles.